The first-order valence-corrected chi connectivity index (χ1v) is 6.52. The number of hydrogen-bond donors (Lipinski definition) is 1. The lowest BCUT2D eigenvalue weighted by molar-refractivity contribution is 0.0724. The first-order valence-electron chi connectivity index (χ1n) is 5.71. The van der Waals surface area contributed by atoms with E-state index in [-0.39, 0.29) is 5.91 Å². The zero-order valence-corrected chi connectivity index (χ0v) is 9.85. The monoisotopic (exact) mass is 234 g/mol. The number of benzene rings is 1. The molecule has 0 saturated carbocycles. The molecule has 0 spiro atoms. The zero-order chi connectivity index (χ0) is 11.0. The number of fused-ring (bicyclic) bond motifs is 1. The Morgan fingerprint density at radius 2 is 2.06 bits per heavy atom. The van der Waals surface area contributed by atoms with Gasteiger partial charge in [0.25, 0.3) is 5.91 Å². The molecule has 1 aromatic carbocycles. The summed E-state index contributed by atoms with van der Waals surface area (Å²) in [6, 6.07) is 5.90. The lowest BCUT2D eigenvalue weighted by Gasteiger charge is -2.26. The third-order valence-corrected chi connectivity index (χ3v) is 4.02. The zero-order valence-electron chi connectivity index (χ0n) is 9.03. The first-order chi connectivity index (χ1) is 7.84. The molecule has 3 nitrogen and oxygen atoms in total. The fraction of sp³-hybridized carbons (Fsp3) is 0.417. The maximum absolute atomic E-state index is 12.2. The maximum Gasteiger partial charge on any atom is 0.253 e. The molecule has 3 rings (SSSR count). The van der Waals surface area contributed by atoms with Gasteiger partial charge in [-0.15, -0.1) is 0 Å². The van der Waals surface area contributed by atoms with E-state index in [1.807, 2.05) is 23.1 Å². The summed E-state index contributed by atoms with van der Waals surface area (Å²) in [5.41, 5.74) is 1.97. The van der Waals surface area contributed by atoms with Crippen LogP contribution in [-0.4, -0.2) is 28.3 Å². The molecule has 1 amide bonds. The van der Waals surface area contributed by atoms with Gasteiger partial charge in [0.05, 0.1) is 10.2 Å². The van der Waals surface area contributed by atoms with Crippen molar-refractivity contribution < 1.29 is 4.79 Å². The van der Waals surface area contributed by atoms with Crippen LogP contribution in [0.15, 0.2) is 18.2 Å². The molecule has 0 aliphatic carbocycles. The van der Waals surface area contributed by atoms with E-state index in [0.29, 0.717) is 0 Å². The number of H-pyrrole nitrogens is 1. The molecule has 16 heavy (non-hydrogen) atoms. The van der Waals surface area contributed by atoms with Crippen molar-refractivity contribution in [1.29, 1.82) is 0 Å². The van der Waals surface area contributed by atoms with Crippen molar-refractivity contribution in [3.63, 3.8) is 0 Å². The minimum absolute atomic E-state index is 0.190. The number of nitrogens with zero attached hydrogens (tertiary/aromatic N) is 1. The second-order valence-corrected chi connectivity index (χ2v) is 5.12. The molecular formula is C12H14N2OS. The van der Waals surface area contributed by atoms with Crippen LogP contribution in [0.5, 0.6) is 0 Å². The number of amides is 1. The van der Waals surface area contributed by atoms with E-state index in [0.717, 1.165) is 37.0 Å². The summed E-state index contributed by atoms with van der Waals surface area (Å²) in [6.07, 6.45) is 3.55. The number of aromatic nitrogens is 1. The highest BCUT2D eigenvalue weighted by molar-refractivity contribution is 7.15. The Bertz CT molecular complexity index is 508. The summed E-state index contributed by atoms with van der Waals surface area (Å²) >= 11 is 1.59. The van der Waals surface area contributed by atoms with Crippen LogP contribution in [0.2, 0.25) is 0 Å². The van der Waals surface area contributed by atoms with E-state index in [9.17, 15) is 4.79 Å². The van der Waals surface area contributed by atoms with Gasteiger partial charge in [-0.2, -0.15) is 0 Å². The SMILES string of the molecule is O=C(c1ccc2[nH]sc2c1)N1CCCCC1. The quantitative estimate of drug-likeness (QED) is 0.809. The van der Waals surface area contributed by atoms with Crippen molar-refractivity contribution in [2.75, 3.05) is 13.1 Å². The number of piperidine rings is 1. The molecule has 1 N–H and O–H groups in total. The van der Waals surface area contributed by atoms with Crippen molar-refractivity contribution in [2.45, 2.75) is 19.3 Å². The topological polar surface area (TPSA) is 36.1 Å². The van der Waals surface area contributed by atoms with Gasteiger partial charge in [-0.05, 0) is 37.5 Å². The molecule has 4 heteroatoms. The standard InChI is InChI=1S/C12H14N2OS/c15-12(14-6-2-1-3-7-14)9-4-5-10-11(8-9)16-13-10/h4-5,8,13H,1-3,6-7H2. The molecule has 0 unspecified atom stereocenters. The predicted molar refractivity (Wildman–Crippen MR) is 65.9 cm³/mol. The van der Waals surface area contributed by atoms with E-state index in [1.54, 1.807) is 11.5 Å². The van der Waals surface area contributed by atoms with E-state index in [1.165, 1.54) is 11.1 Å². The van der Waals surface area contributed by atoms with Crippen molar-refractivity contribution in [2.24, 2.45) is 0 Å². The first kappa shape index (κ1) is 9.90. The number of hydrogen-bond acceptors (Lipinski definition) is 2. The summed E-state index contributed by atoms with van der Waals surface area (Å²) in [6.45, 7) is 1.84. The highest BCUT2D eigenvalue weighted by Crippen LogP contribution is 2.22. The van der Waals surface area contributed by atoms with Crippen LogP contribution in [0.3, 0.4) is 0 Å². The molecule has 1 aliphatic heterocycles. The van der Waals surface area contributed by atoms with Crippen molar-refractivity contribution in [3.8, 4) is 0 Å². The fourth-order valence-electron chi connectivity index (χ4n) is 2.17. The van der Waals surface area contributed by atoms with Gasteiger partial charge < -0.3 is 9.27 Å². The van der Waals surface area contributed by atoms with Crippen molar-refractivity contribution >= 4 is 27.7 Å². The number of aromatic amines is 1. The van der Waals surface area contributed by atoms with Gasteiger partial charge in [0, 0.05) is 18.7 Å². The summed E-state index contributed by atoms with van der Waals surface area (Å²) in [5.74, 6) is 0.190. The third-order valence-electron chi connectivity index (χ3n) is 3.14. The van der Waals surface area contributed by atoms with Crippen molar-refractivity contribution in [3.05, 3.63) is 23.8 Å². The number of carbonyl (C=O) groups excluding carboxylic acids is 1. The smallest absolute Gasteiger partial charge is 0.253 e. The fourth-order valence-corrected chi connectivity index (χ4v) is 2.83. The second kappa shape index (κ2) is 3.94. The number of nitrogens with one attached hydrogen (secondary N) is 1. The minimum atomic E-state index is 0.190. The minimum Gasteiger partial charge on any atom is -0.339 e. The Morgan fingerprint density at radius 3 is 2.69 bits per heavy atom. The van der Waals surface area contributed by atoms with Gasteiger partial charge in [0.2, 0.25) is 0 Å². The molecule has 0 atom stereocenters. The Labute approximate surface area is 98.2 Å². The van der Waals surface area contributed by atoms with Crippen LogP contribution >= 0.6 is 11.5 Å². The van der Waals surface area contributed by atoms with Gasteiger partial charge in [0.15, 0.2) is 0 Å². The lowest BCUT2D eigenvalue weighted by atomic mass is 10.1. The van der Waals surface area contributed by atoms with Crippen LogP contribution in [0, 0.1) is 0 Å². The number of rotatable bonds is 1. The molecule has 0 radical (unpaired) electrons. The van der Waals surface area contributed by atoms with Crippen LogP contribution in [0.25, 0.3) is 10.2 Å². The highest BCUT2D eigenvalue weighted by Gasteiger charge is 2.18. The molecule has 84 valence electrons. The van der Waals surface area contributed by atoms with Gasteiger partial charge in [-0.1, -0.05) is 11.5 Å². The Morgan fingerprint density at radius 1 is 1.25 bits per heavy atom. The highest BCUT2D eigenvalue weighted by atomic mass is 32.1. The molecule has 1 aromatic heterocycles. The normalized spacial score (nSPS) is 16.9. The molecule has 2 aromatic rings. The summed E-state index contributed by atoms with van der Waals surface area (Å²) < 4.78 is 4.31. The second-order valence-electron chi connectivity index (χ2n) is 4.27. The summed E-state index contributed by atoms with van der Waals surface area (Å²) in [4.78, 5) is 14.2. The third kappa shape index (κ3) is 1.63. The van der Waals surface area contributed by atoms with Crippen LogP contribution in [0.4, 0.5) is 0 Å². The molecule has 1 aliphatic rings. The Hall–Kier alpha value is -1.29. The van der Waals surface area contributed by atoms with E-state index in [2.05, 4.69) is 4.37 Å². The van der Waals surface area contributed by atoms with Gasteiger partial charge in [-0.3, -0.25) is 4.79 Å². The summed E-state index contributed by atoms with van der Waals surface area (Å²) in [7, 11) is 0. The Kier molecular flexibility index (Phi) is 2.44. The molecule has 1 saturated heterocycles. The average molecular weight is 234 g/mol. The van der Waals surface area contributed by atoms with Gasteiger partial charge in [-0.25, -0.2) is 0 Å². The number of likely N-dealkylation sites (tertiary alicyclic amines) is 1. The van der Waals surface area contributed by atoms with Crippen LogP contribution in [0.1, 0.15) is 29.6 Å². The van der Waals surface area contributed by atoms with E-state index < -0.39 is 0 Å². The molecule has 1 fully saturated rings. The summed E-state index contributed by atoms with van der Waals surface area (Å²) in [5, 5.41) is 0. The molecule has 2 heterocycles. The lowest BCUT2D eigenvalue weighted by Crippen LogP contribution is -2.35. The van der Waals surface area contributed by atoms with Crippen LogP contribution < -0.4 is 0 Å². The maximum atomic E-state index is 12.2. The molecular weight excluding hydrogens is 220 g/mol. The largest absolute Gasteiger partial charge is 0.339 e. The molecule has 0 bridgehead atoms. The predicted octanol–water partition coefficient (Wildman–Crippen LogP) is 2.86. The van der Waals surface area contributed by atoms with E-state index in [4.69, 9.17) is 0 Å². The van der Waals surface area contributed by atoms with Crippen molar-refractivity contribution in [1.82, 2.24) is 9.27 Å². The number of carbonyl (C=O) groups is 1. The van der Waals surface area contributed by atoms with Gasteiger partial charge in [0.1, 0.15) is 0 Å². The van der Waals surface area contributed by atoms with Crippen LogP contribution in [-0.2, 0) is 0 Å². The Balaban J connectivity index is 1.84. The van der Waals surface area contributed by atoms with E-state index >= 15 is 0 Å². The van der Waals surface area contributed by atoms with Gasteiger partial charge >= 0.3 is 0 Å². The average Bonchev–Trinajstić information content (AvgIpc) is 2.31.